The third kappa shape index (κ3) is 4.78. The monoisotopic (exact) mass is 355 g/mol. The number of amides is 1. The van der Waals surface area contributed by atoms with Gasteiger partial charge in [0.25, 0.3) is 0 Å². The maximum atomic E-state index is 12.9. The van der Waals surface area contributed by atoms with E-state index in [1.165, 1.54) is 11.0 Å². The smallest absolute Gasteiger partial charge is 0.416 e. The van der Waals surface area contributed by atoms with E-state index in [4.69, 9.17) is 10.00 Å². The van der Waals surface area contributed by atoms with Crippen LogP contribution < -0.4 is 4.90 Å². The highest BCUT2D eigenvalue weighted by atomic mass is 19.4. The van der Waals surface area contributed by atoms with E-state index in [0.29, 0.717) is 26.2 Å². The summed E-state index contributed by atoms with van der Waals surface area (Å²) in [5.41, 5.74) is -0.987. The zero-order valence-electron chi connectivity index (χ0n) is 14.4. The van der Waals surface area contributed by atoms with Crippen molar-refractivity contribution in [3.8, 4) is 6.07 Å². The molecule has 0 unspecified atom stereocenters. The molecule has 1 aromatic rings. The van der Waals surface area contributed by atoms with Gasteiger partial charge in [-0.1, -0.05) is 0 Å². The van der Waals surface area contributed by atoms with Crippen molar-refractivity contribution in [2.45, 2.75) is 32.5 Å². The number of carbonyl (C=O) groups is 1. The van der Waals surface area contributed by atoms with Crippen LogP contribution in [0.15, 0.2) is 18.2 Å². The first kappa shape index (κ1) is 18.9. The molecule has 1 saturated heterocycles. The Hall–Kier alpha value is -2.43. The van der Waals surface area contributed by atoms with Gasteiger partial charge in [0, 0.05) is 26.2 Å². The van der Waals surface area contributed by atoms with E-state index in [1.807, 2.05) is 6.07 Å². The van der Waals surface area contributed by atoms with Crippen molar-refractivity contribution in [3.63, 3.8) is 0 Å². The molecule has 136 valence electrons. The lowest BCUT2D eigenvalue weighted by molar-refractivity contribution is -0.137. The summed E-state index contributed by atoms with van der Waals surface area (Å²) < 4.78 is 44.1. The molecular formula is C17H20F3N3O2. The second-order valence-corrected chi connectivity index (χ2v) is 6.80. The number of hydrogen-bond acceptors (Lipinski definition) is 4. The van der Waals surface area contributed by atoms with Gasteiger partial charge in [-0.25, -0.2) is 4.79 Å². The molecule has 1 aliphatic rings. The van der Waals surface area contributed by atoms with Crippen molar-refractivity contribution in [1.29, 1.82) is 5.26 Å². The van der Waals surface area contributed by atoms with E-state index in [1.54, 1.807) is 25.7 Å². The summed E-state index contributed by atoms with van der Waals surface area (Å²) in [4.78, 5) is 15.3. The van der Waals surface area contributed by atoms with Crippen LogP contribution in [0.1, 0.15) is 31.9 Å². The summed E-state index contributed by atoms with van der Waals surface area (Å²) in [6, 6.07) is 4.99. The van der Waals surface area contributed by atoms with Gasteiger partial charge in [0.1, 0.15) is 11.7 Å². The third-order valence-electron chi connectivity index (χ3n) is 3.72. The van der Waals surface area contributed by atoms with Crippen LogP contribution in [0.3, 0.4) is 0 Å². The minimum absolute atomic E-state index is 0.179. The first-order valence-electron chi connectivity index (χ1n) is 7.85. The van der Waals surface area contributed by atoms with E-state index < -0.39 is 23.4 Å². The molecule has 25 heavy (non-hydrogen) atoms. The molecule has 2 rings (SSSR count). The number of nitriles is 1. The minimum atomic E-state index is -4.47. The molecule has 1 aliphatic heterocycles. The lowest BCUT2D eigenvalue weighted by Crippen LogP contribution is -2.50. The van der Waals surface area contributed by atoms with E-state index in [-0.39, 0.29) is 11.3 Å². The molecule has 0 aliphatic carbocycles. The Morgan fingerprint density at radius 3 is 2.24 bits per heavy atom. The van der Waals surface area contributed by atoms with Crippen molar-refractivity contribution >= 4 is 11.8 Å². The van der Waals surface area contributed by atoms with Crippen molar-refractivity contribution in [2.24, 2.45) is 0 Å². The number of benzene rings is 1. The predicted molar refractivity (Wildman–Crippen MR) is 86.2 cm³/mol. The molecular weight excluding hydrogens is 335 g/mol. The number of nitrogens with zero attached hydrogens (tertiary/aromatic N) is 3. The van der Waals surface area contributed by atoms with Crippen molar-refractivity contribution in [3.05, 3.63) is 29.3 Å². The van der Waals surface area contributed by atoms with Gasteiger partial charge in [0.05, 0.1) is 16.8 Å². The van der Waals surface area contributed by atoms with E-state index in [0.717, 1.165) is 12.1 Å². The minimum Gasteiger partial charge on any atom is -0.444 e. The van der Waals surface area contributed by atoms with Crippen molar-refractivity contribution < 1.29 is 22.7 Å². The third-order valence-corrected chi connectivity index (χ3v) is 3.72. The zero-order chi connectivity index (χ0) is 18.8. The molecule has 8 heteroatoms. The highest BCUT2D eigenvalue weighted by Gasteiger charge is 2.32. The van der Waals surface area contributed by atoms with Crippen molar-refractivity contribution in [1.82, 2.24) is 4.90 Å². The molecule has 1 aromatic carbocycles. The fraction of sp³-hybridized carbons (Fsp3) is 0.529. The number of piperazine rings is 1. The summed E-state index contributed by atoms with van der Waals surface area (Å²) in [6.07, 6.45) is -4.92. The van der Waals surface area contributed by atoms with Gasteiger partial charge in [-0.2, -0.15) is 18.4 Å². The fourth-order valence-electron chi connectivity index (χ4n) is 2.52. The van der Waals surface area contributed by atoms with Crippen LogP contribution >= 0.6 is 0 Å². The number of ether oxygens (including phenoxy) is 1. The van der Waals surface area contributed by atoms with Crippen LogP contribution in [-0.2, 0) is 10.9 Å². The standard InChI is InChI=1S/C17H20F3N3O2/c1-16(2,3)25-15(24)23-8-6-22(7-9-23)14-10-13(17(18,19)20)5-4-12(14)11-21/h4-5,10H,6-9H2,1-3H3. The molecule has 1 fully saturated rings. The quantitative estimate of drug-likeness (QED) is 0.772. The van der Waals surface area contributed by atoms with Gasteiger partial charge in [0.2, 0.25) is 0 Å². The molecule has 0 spiro atoms. The van der Waals surface area contributed by atoms with Crippen LogP contribution in [0, 0.1) is 11.3 Å². The van der Waals surface area contributed by atoms with Gasteiger partial charge in [-0.15, -0.1) is 0 Å². The second kappa shape index (κ2) is 6.82. The highest BCUT2D eigenvalue weighted by Crippen LogP contribution is 2.33. The van der Waals surface area contributed by atoms with Gasteiger partial charge in [0.15, 0.2) is 0 Å². The molecule has 0 saturated carbocycles. The highest BCUT2D eigenvalue weighted by molar-refractivity contribution is 5.69. The Labute approximate surface area is 144 Å². The number of hydrogen-bond donors (Lipinski definition) is 0. The number of alkyl halides is 3. The predicted octanol–water partition coefficient (Wildman–Crippen LogP) is 3.63. The Morgan fingerprint density at radius 1 is 1.16 bits per heavy atom. The molecule has 0 aromatic heterocycles. The fourth-order valence-corrected chi connectivity index (χ4v) is 2.52. The van der Waals surface area contributed by atoms with Gasteiger partial charge < -0.3 is 14.5 Å². The van der Waals surface area contributed by atoms with Crippen LogP contribution in [-0.4, -0.2) is 42.8 Å². The van der Waals surface area contributed by atoms with Crippen LogP contribution in [0.25, 0.3) is 0 Å². The Bertz CT molecular complexity index is 682. The van der Waals surface area contributed by atoms with E-state index in [9.17, 15) is 18.0 Å². The Morgan fingerprint density at radius 2 is 1.76 bits per heavy atom. The van der Waals surface area contributed by atoms with Crippen LogP contribution in [0.4, 0.5) is 23.7 Å². The molecule has 0 radical (unpaired) electrons. The number of anilines is 1. The largest absolute Gasteiger partial charge is 0.444 e. The summed E-state index contributed by atoms with van der Waals surface area (Å²) in [5.74, 6) is 0. The average Bonchev–Trinajstić information content (AvgIpc) is 2.52. The molecule has 5 nitrogen and oxygen atoms in total. The van der Waals surface area contributed by atoms with E-state index >= 15 is 0 Å². The van der Waals surface area contributed by atoms with E-state index in [2.05, 4.69) is 0 Å². The first-order valence-corrected chi connectivity index (χ1v) is 7.85. The van der Waals surface area contributed by atoms with Gasteiger partial charge in [-0.3, -0.25) is 0 Å². The van der Waals surface area contributed by atoms with Gasteiger partial charge >= 0.3 is 12.3 Å². The maximum Gasteiger partial charge on any atom is 0.416 e. The first-order chi connectivity index (χ1) is 11.5. The second-order valence-electron chi connectivity index (χ2n) is 6.80. The lowest BCUT2D eigenvalue weighted by Gasteiger charge is -2.37. The van der Waals surface area contributed by atoms with Crippen molar-refractivity contribution in [2.75, 3.05) is 31.1 Å². The van der Waals surface area contributed by atoms with Gasteiger partial charge in [-0.05, 0) is 39.0 Å². The average molecular weight is 355 g/mol. The lowest BCUT2D eigenvalue weighted by atomic mass is 10.1. The summed E-state index contributed by atoms with van der Waals surface area (Å²) in [5, 5.41) is 9.17. The topological polar surface area (TPSA) is 56.6 Å². The summed E-state index contributed by atoms with van der Waals surface area (Å²) in [6.45, 7) is 6.59. The number of carbonyl (C=O) groups excluding carboxylic acids is 1. The van der Waals surface area contributed by atoms with Crippen LogP contribution in [0.2, 0.25) is 0 Å². The summed E-state index contributed by atoms with van der Waals surface area (Å²) >= 11 is 0. The molecule has 1 heterocycles. The Kier molecular flexibility index (Phi) is 5.16. The molecule has 0 N–H and O–H groups in total. The SMILES string of the molecule is CC(C)(C)OC(=O)N1CCN(c2cc(C(F)(F)F)ccc2C#N)CC1. The molecule has 0 bridgehead atoms. The zero-order valence-corrected chi connectivity index (χ0v) is 14.4. The van der Waals surface area contributed by atoms with Crippen LogP contribution in [0.5, 0.6) is 0 Å². The molecule has 1 amide bonds. The Balaban J connectivity index is 2.13. The molecule has 0 atom stereocenters. The maximum absolute atomic E-state index is 12.9. The number of rotatable bonds is 1. The number of halogens is 3. The summed E-state index contributed by atoms with van der Waals surface area (Å²) in [7, 11) is 0. The normalized spacial score (nSPS) is 15.7.